The van der Waals surface area contributed by atoms with E-state index >= 15 is 0 Å². The van der Waals surface area contributed by atoms with E-state index in [2.05, 4.69) is 5.10 Å². The van der Waals surface area contributed by atoms with Crippen molar-refractivity contribution in [3.63, 3.8) is 0 Å². The van der Waals surface area contributed by atoms with Crippen LogP contribution in [0.5, 0.6) is 0 Å². The fraction of sp³-hybridized carbons (Fsp3) is 0.143. The van der Waals surface area contributed by atoms with Crippen molar-refractivity contribution >= 4 is 11.9 Å². The largest absolute Gasteiger partial charge is 0.416 e. The second kappa shape index (κ2) is 5.32. The Labute approximate surface area is 113 Å². The van der Waals surface area contributed by atoms with Crippen LogP contribution < -0.4 is 0 Å². The van der Waals surface area contributed by atoms with Gasteiger partial charge in [0.15, 0.2) is 5.78 Å². The van der Waals surface area contributed by atoms with Gasteiger partial charge in [-0.25, -0.2) is 0 Å². The molecule has 104 valence electrons. The molecule has 0 bridgehead atoms. The van der Waals surface area contributed by atoms with Crippen LogP contribution in [0.4, 0.5) is 13.2 Å². The van der Waals surface area contributed by atoms with Gasteiger partial charge in [0.05, 0.1) is 17.3 Å². The van der Waals surface area contributed by atoms with Gasteiger partial charge in [-0.05, 0) is 23.8 Å². The van der Waals surface area contributed by atoms with Gasteiger partial charge in [-0.3, -0.25) is 9.48 Å². The molecule has 0 aliphatic rings. The Morgan fingerprint density at radius 1 is 1.35 bits per heavy atom. The number of alkyl halides is 3. The van der Waals surface area contributed by atoms with E-state index in [-0.39, 0.29) is 5.78 Å². The van der Waals surface area contributed by atoms with Crippen molar-refractivity contribution in [3.8, 4) is 0 Å². The van der Waals surface area contributed by atoms with E-state index < -0.39 is 11.7 Å². The first kappa shape index (κ1) is 14.0. The van der Waals surface area contributed by atoms with Crippen LogP contribution in [0.1, 0.15) is 21.5 Å². The van der Waals surface area contributed by atoms with Gasteiger partial charge >= 0.3 is 6.18 Å². The van der Waals surface area contributed by atoms with Crippen LogP contribution in [-0.2, 0) is 13.2 Å². The van der Waals surface area contributed by atoms with E-state index in [1.165, 1.54) is 35.2 Å². The number of ketones is 1. The number of rotatable bonds is 3. The molecule has 0 aliphatic carbocycles. The van der Waals surface area contributed by atoms with Crippen molar-refractivity contribution in [3.05, 3.63) is 59.4 Å². The Balaban J connectivity index is 2.18. The van der Waals surface area contributed by atoms with Crippen molar-refractivity contribution in [1.82, 2.24) is 9.78 Å². The molecule has 6 heteroatoms. The molecule has 2 aromatic rings. The molecule has 0 N–H and O–H groups in total. The molecular formula is C14H11F3N2O. The molecule has 0 fully saturated rings. The number of aryl methyl sites for hydroxylation is 1. The number of hydrogen-bond acceptors (Lipinski definition) is 2. The maximum Gasteiger partial charge on any atom is 0.416 e. The standard InChI is InChI=1S/C14H11F3N2O/c1-19-9-11(8-18-19)13(20)6-5-10-3-2-4-12(7-10)14(15,16)17/h2-9H,1H3. The predicted octanol–water partition coefficient (Wildman–Crippen LogP) is 3.34. The topological polar surface area (TPSA) is 34.9 Å². The number of allylic oxidation sites excluding steroid dienone is 1. The molecule has 20 heavy (non-hydrogen) atoms. The van der Waals surface area contributed by atoms with E-state index in [4.69, 9.17) is 0 Å². The number of nitrogens with zero attached hydrogens (tertiary/aromatic N) is 2. The fourth-order valence-electron chi connectivity index (χ4n) is 1.64. The van der Waals surface area contributed by atoms with Crippen LogP contribution in [0.15, 0.2) is 42.7 Å². The van der Waals surface area contributed by atoms with Crippen LogP contribution in [-0.4, -0.2) is 15.6 Å². The maximum absolute atomic E-state index is 12.5. The Kier molecular flexibility index (Phi) is 3.74. The van der Waals surface area contributed by atoms with Gasteiger partial charge in [0, 0.05) is 13.2 Å². The molecule has 0 unspecified atom stereocenters. The number of carbonyl (C=O) groups excluding carboxylic acids is 1. The number of halogens is 3. The molecule has 0 saturated heterocycles. The van der Waals surface area contributed by atoms with E-state index in [0.29, 0.717) is 11.1 Å². The molecule has 0 atom stereocenters. The van der Waals surface area contributed by atoms with Gasteiger partial charge in [0.2, 0.25) is 0 Å². The normalized spacial score (nSPS) is 12.0. The lowest BCUT2D eigenvalue weighted by atomic mass is 10.1. The molecule has 3 nitrogen and oxygen atoms in total. The second-order valence-corrected chi connectivity index (χ2v) is 4.22. The minimum Gasteiger partial charge on any atom is -0.289 e. The minimum atomic E-state index is -4.39. The zero-order valence-electron chi connectivity index (χ0n) is 10.6. The highest BCUT2D eigenvalue weighted by Crippen LogP contribution is 2.29. The summed E-state index contributed by atoms with van der Waals surface area (Å²) >= 11 is 0. The summed E-state index contributed by atoms with van der Waals surface area (Å²) in [6.07, 6.45) is 1.13. The zero-order valence-corrected chi connectivity index (χ0v) is 10.6. The lowest BCUT2D eigenvalue weighted by Gasteiger charge is -2.06. The molecule has 0 radical (unpaired) electrons. The molecule has 0 aliphatic heterocycles. The summed E-state index contributed by atoms with van der Waals surface area (Å²) in [5.41, 5.74) is -0.0405. The molecule has 0 saturated carbocycles. The molecular weight excluding hydrogens is 269 g/mol. The molecule has 1 heterocycles. The summed E-state index contributed by atoms with van der Waals surface area (Å²) in [7, 11) is 1.67. The van der Waals surface area contributed by atoms with Crippen molar-refractivity contribution in [2.24, 2.45) is 7.05 Å². The lowest BCUT2D eigenvalue weighted by molar-refractivity contribution is -0.137. The Hall–Kier alpha value is -2.37. The minimum absolute atomic E-state index is 0.310. The number of carbonyl (C=O) groups is 1. The van der Waals surface area contributed by atoms with Gasteiger partial charge in [0.25, 0.3) is 0 Å². The van der Waals surface area contributed by atoms with E-state index in [0.717, 1.165) is 12.1 Å². The number of aromatic nitrogens is 2. The van der Waals surface area contributed by atoms with E-state index in [9.17, 15) is 18.0 Å². The predicted molar refractivity (Wildman–Crippen MR) is 68.0 cm³/mol. The first-order chi connectivity index (χ1) is 9.36. The molecule has 0 amide bonds. The summed E-state index contributed by atoms with van der Waals surface area (Å²) < 4.78 is 39.1. The van der Waals surface area contributed by atoms with Crippen molar-refractivity contribution in [2.45, 2.75) is 6.18 Å². The summed E-state index contributed by atoms with van der Waals surface area (Å²) in [5, 5.41) is 3.85. The number of hydrogen-bond donors (Lipinski definition) is 0. The zero-order chi connectivity index (χ0) is 14.8. The van der Waals surface area contributed by atoms with Crippen LogP contribution in [0.2, 0.25) is 0 Å². The molecule has 1 aromatic heterocycles. The average molecular weight is 280 g/mol. The third kappa shape index (κ3) is 3.34. The summed E-state index contributed by atoms with van der Waals surface area (Å²) in [4.78, 5) is 11.8. The smallest absolute Gasteiger partial charge is 0.289 e. The molecule has 1 aromatic carbocycles. The quantitative estimate of drug-likeness (QED) is 0.638. The first-order valence-electron chi connectivity index (χ1n) is 5.74. The SMILES string of the molecule is Cn1cc(C(=O)C=Cc2cccc(C(F)(F)F)c2)cn1. The highest BCUT2D eigenvalue weighted by Gasteiger charge is 2.30. The molecule has 2 rings (SSSR count). The Morgan fingerprint density at radius 2 is 2.10 bits per heavy atom. The first-order valence-corrected chi connectivity index (χ1v) is 5.74. The fourth-order valence-corrected chi connectivity index (χ4v) is 1.64. The van der Waals surface area contributed by atoms with Crippen molar-refractivity contribution in [1.29, 1.82) is 0 Å². The van der Waals surface area contributed by atoms with Crippen LogP contribution in [0.3, 0.4) is 0 Å². The number of benzene rings is 1. The van der Waals surface area contributed by atoms with E-state index in [1.54, 1.807) is 13.2 Å². The third-order valence-electron chi connectivity index (χ3n) is 2.63. The monoisotopic (exact) mass is 280 g/mol. The van der Waals surface area contributed by atoms with Crippen LogP contribution in [0.25, 0.3) is 6.08 Å². The van der Waals surface area contributed by atoms with Gasteiger partial charge in [-0.1, -0.05) is 18.2 Å². The molecule has 0 spiro atoms. The second-order valence-electron chi connectivity index (χ2n) is 4.22. The third-order valence-corrected chi connectivity index (χ3v) is 2.63. The van der Waals surface area contributed by atoms with Crippen LogP contribution >= 0.6 is 0 Å². The summed E-state index contributed by atoms with van der Waals surface area (Å²) in [6.45, 7) is 0. The van der Waals surface area contributed by atoms with Crippen LogP contribution in [0, 0.1) is 0 Å². The lowest BCUT2D eigenvalue weighted by Crippen LogP contribution is -2.04. The maximum atomic E-state index is 12.5. The van der Waals surface area contributed by atoms with Gasteiger partial charge < -0.3 is 0 Å². The highest BCUT2D eigenvalue weighted by atomic mass is 19.4. The summed E-state index contributed by atoms with van der Waals surface area (Å²) in [6, 6.07) is 4.78. The Bertz CT molecular complexity index is 656. The Morgan fingerprint density at radius 3 is 2.70 bits per heavy atom. The van der Waals surface area contributed by atoms with Gasteiger partial charge in [0.1, 0.15) is 0 Å². The average Bonchev–Trinajstić information content (AvgIpc) is 2.82. The highest BCUT2D eigenvalue weighted by molar-refractivity contribution is 6.06. The van der Waals surface area contributed by atoms with E-state index in [1.807, 2.05) is 0 Å². The van der Waals surface area contributed by atoms with Crippen molar-refractivity contribution < 1.29 is 18.0 Å². The van der Waals surface area contributed by atoms with Gasteiger partial charge in [-0.15, -0.1) is 0 Å². The van der Waals surface area contributed by atoms with Gasteiger partial charge in [-0.2, -0.15) is 18.3 Å². The summed E-state index contributed by atoms with van der Waals surface area (Å²) in [5.74, 6) is -0.310. The van der Waals surface area contributed by atoms with Crippen molar-refractivity contribution in [2.75, 3.05) is 0 Å².